The van der Waals surface area contributed by atoms with E-state index in [-0.39, 0.29) is 24.6 Å². The second kappa shape index (κ2) is 13.0. The SMILES string of the molecule is COC[C@@H](NC(=O)OC)C(=O)N1CC2(CCCCC2)C[C@H]1C(=O)N[C@@H](CCC(C)(F)F)C(=O)C(=O)NC1CC1. The van der Waals surface area contributed by atoms with Gasteiger partial charge < -0.3 is 30.3 Å². The Bertz CT molecular complexity index is 932. The molecule has 0 aromatic rings. The summed E-state index contributed by atoms with van der Waals surface area (Å²) in [5.74, 6) is -6.28. The van der Waals surface area contributed by atoms with Gasteiger partial charge in [0.05, 0.1) is 19.8 Å². The zero-order valence-electron chi connectivity index (χ0n) is 22.9. The number of carbonyl (C=O) groups is 5. The maximum Gasteiger partial charge on any atom is 0.407 e. The minimum Gasteiger partial charge on any atom is -0.453 e. The van der Waals surface area contributed by atoms with Crippen molar-refractivity contribution >= 4 is 29.6 Å². The molecule has 1 saturated heterocycles. The predicted octanol–water partition coefficient (Wildman–Crippen LogP) is 1.68. The molecule has 4 amide bonds. The minimum atomic E-state index is -3.11. The lowest BCUT2D eigenvalue weighted by atomic mass is 9.72. The lowest BCUT2D eigenvalue weighted by Gasteiger charge is -2.33. The van der Waals surface area contributed by atoms with Crippen LogP contribution in [0.5, 0.6) is 0 Å². The van der Waals surface area contributed by atoms with Crippen LogP contribution < -0.4 is 16.0 Å². The topological polar surface area (TPSA) is 143 Å². The number of likely N-dealkylation sites (tertiary alicyclic amines) is 1. The molecule has 1 aliphatic heterocycles. The normalized spacial score (nSPS) is 22.1. The number of methoxy groups -OCH3 is 2. The van der Waals surface area contributed by atoms with Crippen LogP contribution in [0.4, 0.5) is 13.6 Å². The lowest BCUT2D eigenvalue weighted by molar-refractivity contribution is -0.143. The van der Waals surface area contributed by atoms with E-state index in [1.54, 1.807) is 0 Å². The predicted molar refractivity (Wildman–Crippen MR) is 135 cm³/mol. The van der Waals surface area contributed by atoms with Gasteiger partial charge in [-0.05, 0) is 50.9 Å². The van der Waals surface area contributed by atoms with Gasteiger partial charge in [-0.2, -0.15) is 0 Å². The molecule has 0 aromatic carbocycles. The number of hydrogen-bond donors (Lipinski definition) is 3. The van der Waals surface area contributed by atoms with Crippen LogP contribution in [-0.2, 0) is 28.7 Å². The summed E-state index contributed by atoms with van der Waals surface area (Å²) in [6.07, 6.45) is 4.30. The number of ketones is 1. The van der Waals surface area contributed by atoms with E-state index in [9.17, 15) is 32.8 Å². The summed E-state index contributed by atoms with van der Waals surface area (Å²) in [6, 6.07) is -3.74. The molecular weight excluding hydrogens is 518 g/mol. The van der Waals surface area contributed by atoms with Gasteiger partial charge in [-0.1, -0.05) is 19.3 Å². The third-order valence-corrected chi connectivity index (χ3v) is 7.76. The van der Waals surface area contributed by atoms with Crippen molar-refractivity contribution in [2.24, 2.45) is 5.41 Å². The van der Waals surface area contributed by atoms with Gasteiger partial charge >= 0.3 is 6.09 Å². The number of alkyl halides is 2. The monoisotopic (exact) mass is 558 g/mol. The number of amides is 4. The van der Waals surface area contributed by atoms with E-state index < -0.39 is 66.5 Å². The molecule has 3 rings (SSSR count). The average Bonchev–Trinajstić information content (AvgIpc) is 3.63. The maximum absolute atomic E-state index is 13.7. The van der Waals surface area contributed by atoms with Crippen LogP contribution in [0.25, 0.3) is 0 Å². The number of Topliss-reactive ketones (excluding diaryl/α,β-unsaturated/α-hetero) is 1. The number of carbonyl (C=O) groups excluding carboxylic acids is 5. The Morgan fingerprint density at radius 1 is 1.03 bits per heavy atom. The van der Waals surface area contributed by atoms with Gasteiger partial charge in [-0.25, -0.2) is 13.6 Å². The molecular formula is C26H40F2N4O7. The summed E-state index contributed by atoms with van der Waals surface area (Å²) < 4.78 is 37.1. The number of rotatable bonds is 12. The van der Waals surface area contributed by atoms with E-state index in [4.69, 9.17) is 4.74 Å². The lowest BCUT2D eigenvalue weighted by Crippen LogP contribution is -2.57. The Labute approximate surface area is 227 Å². The highest BCUT2D eigenvalue weighted by molar-refractivity contribution is 6.38. The molecule has 3 atom stereocenters. The molecule has 220 valence electrons. The first-order valence-electron chi connectivity index (χ1n) is 13.5. The van der Waals surface area contributed by atoms with E-state index in [2.05, 4.69) is 20.7 Å². The molecule has 39 heavy (non-hydrogen) atoms. The van der Waals surface area contributed by atoms with Gasteiger partial charge in [0.2, 0.25) is 23.5 Å². The zero-order chi connectivity index (χ0) is 28.8. The quantitative estimate of drug-likeness (QED) is 0.309. The number of hydrogen-bond acceptors (Lipinski definition) is 7. The Balaban J connectivity index is 1.83. The largest absolute Gasteiger partial charge is 0.453 e. The maximum atomic E-state index is 13.7. The summed E-state index contributed by atoms with van der Waals surface area (Å²) in [4.78, 5) is 65.8. The van der Waals surface area contributed by atoms with Crippen LogP contribution >= 0.6 is 0 Å². The zero-order valence-corrected chi connectivity index (χ0v) is 22.9. The first kappa shape index (κ1) is 30.7. The fourth-order valence-electron chi connectivity index (χ4n) is 5.51. The molecule has 0 unspecified atom stereocenters. The number of nitrogens with one attached hydrogen (secondary N) is 3. The van der Waals surface area contributed by atoms with Crippen molar-refractivity contribution in [3.8, 4) is 0 Å². The van der Waals surface area contributed by atoms with Crippen LogP contribution in [0.1, 0.15) is 71.1 Å². The molecule has 0 radical (unpaired) electrons. The van der Waals surface area contributed by atoms with Gasteiger partial charge in [0, 0.05) is 26.1 Å². The van der Waals surface area contributed by atoms with Crippen molar-refractivity contribution in [2.75, 3.05) is 27.4 Å². The molecule has 2 saturated carbocycles. The molecule has 11 nitrogen and oxygen atoms in total. The van der Waals surface area contributed by atoms with Crippen molar-refractivity contribution in [3.63, 3.8) is 0 Å². The van der Waals surface area contributed by atoms with Crippen molar-refractivity contribution in [3.05, 3.63) is 0 Å². The Morgan fingerprint density at radius 2 is 1.69 bits per heavy atom. The molecule has 2 aliphatic carbocycles. The van der Waals surface area contributed by atoms with Gasteiger partial charge in [-0.3, -0.25) is 19.2 Å². The van der Waals surface area contributed by atoms with Gasteiger partial charge in [0.25, 0.3) is 5.91 Å². The van der Waals surface area contributed by atoms with Crippen LogP contribution in [-0.4, -0.2) is 92.0 Å². The summed E-state index contributed by atoms with van der Waals surface area (Å²) in [7, 11) is 2.52. The Hall–Kier alpha value is -2.83. The highest BCUT2D eigenvalue weighted by atomic mass is 19.3. The van der Waals surface area contributed by atoms with E-state index in [1.165, 1.54) is 12.0 Å². The van der Waals surface area contributed by atoms with Crippen molar-refractivity contribution in [2.45, 2.75) is 101 Å². The molecule has 1 heterocycles. The number of halogens is 2. The third-order valence-electron chi connectivity index (χ3n) is 7.76. The highest BCUT2D eigenvalue weighted by Gasteiger charge is 2.50. The van der Waals surface area contributed by atoms with Crippen molar-refractivity contribution in [1.82, 2.24) is 20.9 Å². The Morgan fingerprint density at radius 3 is 2.26 bits per heavy atom. The van der Waals surface area contributed by atoms with E-state index in [1.807, 2.05) is 0 Å². The second-order valence-corrected chi connectivity index (χ2v) is 11.2. The molecule has 3 N–H and O–H groups in total. The fourth-order valence-corrected chi connectivity index (χ4v) is 5.51. The van der Waals surface area contributed by atoms with Crippen molar-refractivity contribution < 1.29 is 42.2 Å². The highest BCUT2D eigenvalue weighted by Crippen LogP contribution is 2.46. The Kier molecular flexibility index (Phi) is 10.2. The molecule has 3 fully saturated rings. The summed E-state index contributed by atoms with van der Waals surface area (Å²) >= 11 is 0. The smallest absolute Gasteiger partial charge is 0.407 e. The van der Waals surface area contributed by atoms with E-state index in [0.29, 0.717) is 13.3 Å². The van der Waals surface area contributed by atoms with Gasteiger partial charge in [0.1, 0.15) is 12.1 Å². The van der Waals surface area contributed by atoms with Crippen LogP contribution in [0.3, 0.4) is 0 Å². The summed E-state index contributed by atoms with van der Waals surface area (Å²) in [5.41, 5.74) is -0.321. The number of alkyl carbamates (subject to hydrolysis) is 1. The second-order valence-electron chi connectivity index (χ2n) is 11.2. The van der Waals surface area contributed by atoms with E-state index >= 15 is 0 Å². The van der Waals surface area contributed by atoms with Gasteiger partial charge in [-0.15, -0.1) is 0 Å². The first-order valence-corrected chi connectivity index (χ1v) is 13.5. The molecule has 1 spiro atoms. The van der Waals surface area contributed by atoms with Crippen LogP contribution in [0.15, 0.2) is 0 Å². The third kappa shape index (κ3) is 8.58. The van der Waals surface area contributed by atoms with Crippen molar-refractivity contribution in [1.29, 1.82) is 0 Å². The number of ether oxygens (including phenoxy) is 2. The average molecular weight is 559 g/mol. The molecule has 0 aromatic heterocycles. The van der Waals surface area contributed by atoms with Crippen LogP contribution in [0, 0.1) is 5.41 Å². The first-order chi connectivity index (χ1) is 18.4. The van der Waals surface area contributed by atoms with Gasteiger partial charge in [0.15, 0.2) is 0 Å². The molecule has 3 aliphatic rings. The molecule has 13 heteroatoms. The molecule has 0 bridgehead atoms. The number of nitrogens with zero attached hydrogens (tertiary/aromatic N) is 1. The van der Waals surface area contributed by atoms with Crippen LogP contribution in [0.2, 0.25) is 0 Å². The standard InChI is InChI=1S/C26H40F2N4O7/c1-25(27,28)12-9-17(20(33)22(35)29-16-7-8-16)30-21(34)19-13-26(10-5-4-6-11-26)15-32(19)23(36)18(14-38-2)31-24(37)39-3/h16-19H,4-15H2,1-3H3,(H,29,35)(H,30,34)(H,31,37)/t17-,18+,19-/m0/s1. The van der Waals surface area contributed by atoms with E-state index in [0.717, 1.165) is 52.1 Å². The summed E-state index contributed by atoms with van der Waals surface area (Å²) in [6.45, 7) is 0.801. The fraction of sp³-hybridized carbons (Fsp3) is 0.808. The summed E-state index contributed by atoms with van der Waals surface area (Å²) in [5, 5.41) is 7.49. The minimum absolute atomic E-state index is 0.125.